The SMILES string of the molecule is O=C(CNC(=O)NC1C2CCC1Cc1ccccc1C2)NCC(F)(F)F. The fourth-order valence-corrected chi connectivity index (χ4v) is 4.01. The van der Waals surface area contributed by atoms with Crippen LogP contribution in [0.3, 0.4) is 0 Å². The number of rotatable bonds is 4. The van der Waals surface area contributed by atoms with Gasteiger partial charge in [-0.25, -0.2) is 4.79 Å². The molecule has 2 aliphatic carbocycles. The molecule has 1 fully saturated rings. The van der Waals surface area contributed by atoms with Crippen molar-refractivity contribution in [3.63, 3.8) is 0 Å². The molecule has 3 amide bonds. The largest absolute Gasteiger partial charge is 0.405 e. The van der Waals surface area contributed by atoms with E-state index < -0.39 is 31.2 Å². The molecule has 0 aromatic heterocycles. The smallest absolute Gasteiger partial charge is 0.345 e. The Morgan fingerprint density at radius 3 is 2.12 bits per heavy atom. The molecule has 8 heteroatoms. The van der Waals surface area contributed by atoms with Crippen molar-refractivity contribution >= 4 is 11.9 Å². The van der Waals surface area contributed by atoms with Gasteiger partial charge in [-0.3, -0.25) is 4.79 Å². The normalized spacial score (nSPS) is 24.3. The molecule has 1 aromatic rings. The van der Waals surface area contributed by atoms with E-state index >= 15 is 0 Å². The predicted octanol–water partition coefficient (Wildman–Crippen LogP) is 2.16. The number of benzene rings is 1. The lowest BCUT2D eigenvalue weighted by Gasteiger charge is -2.23. The summed E-state index contributed by atoms with van der Waals surface area (Å²) in [6.45, 7) is -1.88. The zero-order valence-corrected chi connectivity index (χ0v) is 14.2. The van der Waals surface area contributed by atoms with Crippen LogP contribution in [0.15, 0.2) is 24.3 Å². The third-order valence-electron chi connectivity index (χ3n) is 5.20. The van der Waals surface area contributed by atoms with Gasteiger partial charge >= 0.3 is 12.2 Å². The Labute approximate surface area is 149 Å². The molecule has 0 spiro atoms. The van der Waals surface area contributed by atoms with Crippen LogP contribution in [0.4, 0.5) is 18.0 Å². The lowest BCUT2D eigenvalue weighted by Crippen LogP contribution is -2.49. The number of alkyl halides is 3. The van der Waals surface area contributed by atoms with Crippen LogP contribution in [-0.2, 0) is 17.6 Å². The highest BCUT2D eigenvalue weighted by atomic mass is 19.4. The number of fused-ring (bicyclic) bond motifs is 3. The molecular formula is C18H22F3N3O2. The average Bonchev–Trinajstić information content (AvgIpc) is 2.84. The summed E-state index contributed by atoms with van der Waals surface area (Å²) < 4.78 is 36.2. The standard InChI is InChI=1S/C18H22F3N3O2/c19-18(20,21)10-23-15(25)9-22-17(26)24-16-13-5-6-14(16)8-12-4-2-1-3-11(12)7-13/h1-4,13-14,16H,5-10H2,(H,23,25)(H2,22,24,26). The van der Waals surface area contributed by atoms with Crippen LogP contribution >= 0.6 is 0 Å². The van der Waals surface area contributed by atoms with Crippen molar-refractivity contribution in [1.82, 2.24) is 16.0 Å². The maximum atomic E-state index is 12.1. The van der Waals surface area contributed by atoms with E-state index in [1.54, 1.807) is 5.32 Å². The van der Waals surface area contributed by atoms with Crippen molar-refractivity contribution in [2.75, 3.05) is 13.1 Å². The van der Waals surface area contributed by atoms with E-state index in [9.17, 15) is 22.8 Å². The maximum Gasteiger partial charge on any atom is 0.405 e. The zero-order valence-electron chi connectivity index (χ0n) is 14.2. The van der Waals surface area contributed by atoms with Gasteiger partial charge in [0.25, 0.3) is 0 Å². The second-order valence-electron chi connectivity index (χ2n) is 7.02. The first-order chi connectivity index (χ1) is 12.3. The first-order valence-electron chi connectivity index (χ1n) is 8.76. The van der Waals surface area contributed by atoms with Gasteiger partial charge < -0.3 is 16.0 Å². The molecule has 0 aliphatic heterocycles. The average molecular weight is 369 g/mol. The Kier molecular flexibility index (Phi) is 5.38. The topological polar surface area (TPSA) is 70.2 Å². The highest BCUT2D eigenvalue weighted by molar-refractivity contribution is 5.84. The van der Waals surface area contributed by atoms with Gasteiger partial charge in [-0.1, -0.05) is 24.3 Å². The van der Waals surface area contributed by atoms with Crippen molar-refractivity contribution in [3.05, 3.63) is 35.4 Å². The molecule has 5 nitrogen and oxygen atoms in total. The molecule has 0 radical (unpaired) electrons. The number of hydrogen-bond donors (Lipinski definition) is 3. The number of urea groups is 1. The quantitative estimate of drug-likeness (QED) is 0.761. The van der Waals surface area contributed by atoms with E-state index in [-0.39, 0.29) is 6.04 Å². The summed E-state index contributed by atoms with van der Waals surface area (Å²) in [4.78, 5) is 23.5. The van der Waals surface area contributed by atoms with Gasteiger partial charge in [-0.05, 0) is 48.6 Å². The molecule has 2 aliphatic rings. The monoisotopic (exact) mass is 369 g/mol. The van der Waals surface area contributed by atoms with E-state index in [4.69, 9.17) is 0 Å². The summed E-state index contributed by atoms with van der Waals surface area (Å²) in [6, 6.07) is 7.79. The van der Waals surface area contributed by atoms with Gasteiger partial charge in [-0.15, -0.1) is 0 Å². The van der Waals surface area contributed by atoms with Crippen molar-refractivity contribution in [2.24, 2.45) is 11.8 Å². The Hall–Kier alpha value is -2.25. The molecule has 3 N–H and O–H groups in total. The lowest BCUT2D eigenvalue weighted by molar-refractivity contribution is -0.137. The fraction of sp³-hybridized carbons (Fsp3) is 0.556. The minimum Gasteiger partial charge on any atom is -0.345 e. The van der Waals surface area contributed by atoms with Gasteiger partial charge in [0.1, 0.15) is 6.54 Å². The second-order valence-corrected chi connectivity index (χ2v) is 7.02. The Morgan fingerprint density at radius 1 is 1.00 bits per heavy atom. The molecule has 1 saturated carbocycles. The number of nitrogens with one attached hydrogen (secondary N) is 3. The van der Waals surface area contributed by atoms with Crippen LogP contribution in [0.5, 0.6) is 0 Å². The van der Waals surface area contributed by atoms with E-state index in [2.05, 4.69) is 22.8 Å². The summed E-state index contributed by atoms with van der Waals surface area (Å²) in [6.07, 6.45) is -0.578. The summed E-state index contributed by atoms with van der Waals surface area (Å²) in [5, 5.41) is 7.01. The minimum absolute atomic E-state index is 0.0145. The number of amides is 3. The third-order valence-corrected chi connectivity index (χ3v) is 5.20. The number of carbonyl (C=O) groups is 2. The molecule has 26 heavy (non-hydrogen) atoms. The summed E-state index contributed by atoms with van der Waals surface area (Å²) >= 11 is 0. The Bertz CT molecular complexity index is 645. The van der Waals surface area contributed by atoms with Crippen LogP contribution in [0, 0.1) is 11.8 Å². The fourth-order valence-electron chi connectivity index (χ4n) is 4.01. The summed E-state index contributed by atoms with van der Waals surface area (Å²) in [5.74, 6) is -0.185. The number of hydrogen-bond acceptors (Lipinski definition) is 2. The van der Waals surface area contributed by atoms with Crippen molar-refractivity contribution in [2.45, 2.75) is 37.9 Å². The summed E-state index contributed by atoms with van der Waals surface area (Å²) in [7, 11) is 0. The van der Waals surface area contributed by atoms with Crippen LogP contribution in [0.2, 0.25) is 0 Å². The molecule has 2 atom stereocenters. The van der Waals surface area contributed by atoms with Crippen LogP contribution in [-0.4, -0.2) is 37.2 Å². The maximum absolute atomic E-state index is 12.1. The van der Waals surface area contributed by atoms with Crippen LogP contribution in [0.25, 0.3) is 0 Å². The van der Waals surface area contributed by atoms with Gasteiger partial charge in [0.2, 0.25) is 5.91 Å². The first kappa shape index (κ1) is 18.5. The highest BCUT2D eigenvalue weighted by Crippen LogP contribution is 2.39. The van der Waals surface area contributed by atoms with E-state index in [1.807, 2.05) is 12.1 Å². The predicted molar refractivity (Wildman–Crippen MR) is 89.5 cm³/mol. The highest BCUT2D eigenvalue weighted by Gasteiger charge is 2.39. The Morgan fingerprint density at radius 2 is 1.58 bits per heavy atom. The van der Waals surface area contributed by atoms with Gasteiger partial charge in [-0.2, -0.15) is 13.2 Å². The lowest BCUT2D eigenvalue weighted by atomic mass is 9.94. The van der Waals surface area contributed by atoms with Crippen LogP contribution < -0.4 is 16.0 Å². The zero-order chi connectivity index (χ0) is 18.7. The van der Waals surface area contributed by atoms with E-state index in [0.29, 0.717) is 11.8 Å². The molecule has 3 rings (SSSR count). The molecule has 2 bridgehead atoms. The third kappa shape index (κ3) is 4.68. The van der Waals surface area contributed by atoms with Crippen molar-refractivity contribution < 1.29 is 22.8 Å². The van der Waals surface area contributed by atoms with Crippen LogP contribution in [0.1, 0.15) is 24.0 Å². The molecular weight excluding hydrogens is 347 g/mol. The number of carbonyl (C=O) groups excluding carboxylic acids is 2. The molecule has 1 aromatic carbocycles. The molecule has 2 unspecified atom stereocenters. The molecule has 0 heterocycles. The van der Waals surface area contributed by atoms with Gasteiger partial charge in [0.05, 0.1) is 6.54 Å². The Balaban J connectivity index is 1.50. The molecule has 142 valence electrons. The summed E-state index contributed by atoms with van der Waals surface area (Å²) in [5.41, 5.74) is 2.64. The second kappa shape index (κ2) is 7.55. The molecule has 0 saturated heterocycles. The van der Waals surface area contributed by atoms with Gasteiger partial charge in [0.15, 0.2) is 0 Å². The number of halogens is 3. The minimum atomic E-state index is -4.47. The van der Waals surface area contributed by atoms with Crippen molar-refractivity contribution in [1.29, 1.82) is 0 Å². The van der Waals surface area contributed by atoms with E-state index in [0.717, 1.165) is 25.7 Å². The first-order valence-corrected chi connectivity index (χ1v) is 8.76. The van der Waals surface area contributed by atoms with E-state index in [1.165, 1.54) is 11.1 Å². The van der Waals surface area contributed by atoms with Gasteiger partial charge in [0, 0.05) is 6.04 Å². The van der Waals surface area contributed by atoms with Crippen molar-refractivity contribution in [3.8, 4) is 0 Å².